The number of allylic oxidation sites excluding steroid dienone is 1. The van der Waals surface area contributed by atoms with Crippen molar-refractivity contribution in [1.29, 1.82) is 0 Å². The minimum absolute atomic E-state index is 0.0187. The van der Waals surface area contributed by atoms with E-state index in [9.17, 15) is 14.7 Å². The van der Waals surface area contributed by atoms with Crippen LogP contribution in [-0.2, 0) is 27.3 Å². The summed E-state index contributed by atoms with van der Waals surface area (Å²) in [6.07, 6.45) is 11.0. The van der Waals surface area contributed by atoms with Gasteiger partial charge in [0.25, 0.3) is 0 Å². The number of rotatable bonds is 11. The Balaban J connectivity index is 1.71. The molecule has 7 heteroatoms. The van der Waals surface area contributed by atoms with Gasteiger partial charge < -0.3 is 14.3 Å². The normalized spacial score (nSPS) is 29.9. The van der Waals surface area contributed by atoms with Crippen LogP contribution in [0.2, 0.25) is 0 Å². The fraction of sp³-hybridized carbons (Fsp3) is 0.704. The average molecular weight is 492 g/mol. The second kappa shape index (κ2) is 11.3. The van der Waals surface area contributed by atoms with Crippen molar-refractivity contribution in [2.24, 2.45) is 22.7 Å². The lowest BCUT2D eigenvalue weighted by Crippen LogP contribution is -2.53. The molecule has 0 bridgehead atoms. The first kappa shape index (κ1) is 26.9. The zero-order valence-corrected chi connectivity index (χ0v) is 22.0. The van der Waals surface area contributed by atoms with Gasteiger partial charge >= 0.3 is 11.9 Å². The van der Waals surface area contributed by atoms with E-state index >= 15 is 0 Å². The van der Waals surface area contributed by atoms with E-state index in [1.54, 1.807) is 18.0 Å². The molecule has 34 heavy (non-hydrogen) atoms. The number of aryl methyl sites for hydroxylation is 1. The van der Waals surface area contributed by atoms with Gasteiger partial charge in [-0.1, -0.05) is 25.5 Å². The SMILES string of the molecule is C=C1CCC2C(C)(C(=O)OC)CCCC2(C)C1CCc1ccoc1CNC(CCSC)C(=O)O. The fourth-order valence-corrected chi connectivity index (χ4v) is 7.24. The Morgan fingerprint density at radius 3 is 2.82 bits per heavy atom. The number of aliphatic carboxylic acids is 1. The van der Waals surface area contributed by atoms with E-state index in [0.717, 1.165) is 62.0 Å². The van der Waals surface area contributed by atoms with Gasteiger partial charge in [-0.15, -0.1) is 0 Å². The highest BCUT2D eigenvalue weighted by Gasteiger charge is 2.57. The van der Waals surface area contributed by atoms with Crippen LogP contribution in [-0.4, -0.2) is 42.2 Å². The van der Waals surface area contributed by atoms with Crippen LogP contribution < -0.4 is 5.32 Å². The van der Waals surface area contributed by atoms with Crippen LogP contribution in [0.15, 0.2) is 28.9 Å². The van der Waals surface area contributed by atoms with E-state index < -0.39 is 17.4 Å². The molecule has 6 nitrogen and oxygen atoms in total. The minimum Gasteiger partial charge on any atom is -0.480 e. The van der Waals surface area contributed by atoms with Crippen LogP contribution >= 0.6 is 11.8 Å². The lowest BCUT2D eigenvalue weighted by atomic mass is 9.46. The summed E-state index contributed by atoms with van der Waals surface area (Å²) in [5, 5.41) is 12.6. The molecule has 0 spiro atoms. The Morgan fingerprint density at radius 1 is 1.38 bits per heavy atom. The summed E-state index contributed by atoms with van der Waals surface area (Å²) in [5.74, 6) is 1.32. The maximum absolute atomic E-state index is 12.8. The first-order valence-electron chi connectivity index (χ1n) is 12.4. The van der Waals surface area contributed by atoms with Crippen LogP contribution in [0.25, 0.3) is 0 Å². The van der Waals surface area contributed by atoms with Gasteiger partial charge in [-0.3, -0.25) is 14.9 Å². The molecule has 0 aliphatic heterocycles. The first-order valence-corrected chi connectivity index (χ1v) is 13.8. The number of nitrogens with one attached hydrogen (secondary N) is 1. The largest absolute Gasteiger partial charge is 0.480 e. The van der Waals surface area contributed by atoms with Gasteiger partial charge in [0.1, 0.15) is 11.8 Å². The van der Waals surface area contributed by atoms with E-state index in [-0.39, 0.29) is 17.3 Å². The Hall–Kier alpha value is -1.73. The van der Waals surface area contributed by atoms with E-state index in [0.29, 0.717) is 18.9 Å². The standard InChI is InChI=1S/C27H41NO5S/c1-18-7-10-23-26(2,13-6-14-27(23,3)25(31)32-4)20(18)9-8-19-11-15-33-22(19)17-28-21(24(29)30)12-16-34-5/h11,15,20-21,23,28H,1,6-10,12-14,16-17H2,2-5H3,(H,29,30). The number of hydrogen-bond donors (Lipinski definition) is 2. The Bertz CT molecular complexity index is 882. The predicted octanol–water partition coefficient (Wildman–Crippen LogP) is 5.46. The van der Waals surface area contributed by atoms with E-state index in [1.807, 2.05) is 12.3 Å². The zero-order valence-electron chi connectivity index (χ0n) is 21.2. The summed E-state index contributed by atoms with van der Waals surface area (Å²) >= 11 is 1.65. The third kappa shape index (κ3) is 5.40. The number of furan rings is 1. The highest BCUT2D eigenvalue weighted by atomic mass is 32.2. The molecule has 1 heterocycles. The number of hydrogen-bond acceptors (Lipinski definition) is 6. The van der Waals surface area contributed by atoms with Crippen LogP contribution in [0.3, 0.4) is 0 Å². The summed E-state index contributed by atoms with van der Waals surface area (Å²) < 4.78 is 11.0. The second-order valence-corrected chi connectivity index (χ2v) is 11.5. The van der Waals surface area contributed by atoms with Gasteiger partial charge in [0.05, 0.1) is 25.3 Å². The molecule has 2 N–H and O–H groups in total. The third-order valence-electron chi connectivity index (χ3n) is 8.63. The Morgan fingerprint density at radius 2 is 2.15 bits per heavy atom. The van der Waals surface area contributed by atoms with Crippen LogP contribution in [0.4, 0.5) is 0 Å². The van der Waals surface area contributed by atoms with Gasteiger partial charge in [0, 0.05) is 0 Å². The van der Waals surface area contributed by atoms with Crippen molar-refractivity contribution >= 4 is 23.7 Å². The van der Waals surface area contributed by atoms with Gasteiger partial charge in [0.15, 0.2) is 0 Å². The molecule has 5 unspecified atom stereocenters. The van der Waals surface area contributed by atoms with E-state index in [2.05, 4.69) is 25.7 Å². The molecule has 0 aromatic carbocycles. The summed E-state index contributed by atoms with van der Waals surface area (Å²) in [4.78, 5) is 24.4. The molecule has 2 saturated carbocycles. The van der Waals surface area contributed by atoms with Crippen LogP contribution in [0, 0.1) is 22.7 Å². The summed E-state index contributed by atoms with van der Waals surface area (Å²) in [7, 11) is 1.50. The average Bonchev–Trinajstić information content (AvgIpc) is 3.24. The molecular weight excluding hydrogens is 450 g/mol. The van der Waals surface area contributed by atoms with Gasteiger partial charge in [-0.05, 0) is 92.8 Å². The second-order valence-electron chi connectivity index (χ2n) is 10.5. The Kier molecular flexibility index (Phi) is 8.96. The highest BCUT2D eigenvalue weighted by molar-refractivity contribution is 7.98. The molecule has 1 aromatic heterocycles. The lowest BCUT2D eigenvalue weighted by molar-refractivity contribution is -0.168. The van der Waals surface area contributed by atoms with Crippen molar-refractivity contribution in [3.05, 3.63) is 35.8 Å². The van der Waals surface area contributed by atoms with Crippen molar-refractivity contribution in [2.75, 3.05) is 19.1 Å². The van der Waals surface area contributed by atoms with Crippen molar-refractivity contribution in [3.63, 3.8) is 0 Å². The number of methoxy groups -OCH3 is 1. The molecular formula is C27H41NO5S. The predicted molar refractivity (Wildman–Crippen MR) is 136 cm³/mol. The number of carbonyl (C=O) groups is 2. The maximum Gasteiger partial charge on any atom is 0.320 e. The number of carbonyl (C=O) groups excluding carboxylic acids is 1. The summed E-state index contributed by atoms with van der Waals surface area (Å²) in [6, 6.07) is 1.42. The monoisotopic (exact) mass is 491 g/mol. The van der Waals surface area contributed by atoms with E-state index in [1.165, 1.54) is 12.7 Å². The quantitative estimate of drug-likeness (QED) is 0.314. The van der Waals surface area contributed by atoms with Crippen LogP contribution in [0.1, 0.15) is 70.1 Å². The number of fused-ring (bicyclic) bond motifs is 1. The van der Waals surface area contributed by atoms with Crippen molar-refractivity contribution in [3.8, 4) is 0 Å². The molecule has 190 valence electrons. The highest BCUT2D eigenvalue weighted by Crippen LogP contribution is 2.62. The minimum atomic E-state index is -0.828. The summed E-state index contributed by atoms with van der Waals surface area (Å²) in [6.45, 7) is 9.31. The maximum atomic E-state index is 12.8. The molecule has 1 aromatic rings. The number of carboxylic acids is 1. The molecule has 5 atom stereocenters. The fourth-order valence-electron chi connectivity index (χ4n) is 6.77. The van der Waals surface area contributed by atoms with Crippen molar-refractivity contribution in [1.82, 2.24) is 5.32 Å². The summed E-state index contributed by atoms with van der Waals surface area (Å²) in [5.41, 5.74) is 1.99. The number of esters is 1. The molecule has 0 saturated heterocycles. The first-order chi connectivity index (χ1) is 16.2. The number of ether oxygens (including phenoxy) is 1. The molecule has 2 aliphatic carbocycles. The third-order valence-corrected chi connectivity index (χ3v) is 9.27. The molecule has 0 radical (unpaired) electrons. The molecule has 2 fully saturated rings. The van der Waals surface area contributed by atoms with Crippen LogP contribution in [0.5, 0.6) is 0 Å². The number of carboxylic acid groups (broad SMARTS) is 1. The molecule has 2 aliphatic rings. The molecule has 3 rings (SSSR count). The van der Waals surface area contributed by atoms with Crippen molar-refractivity contribution in [2.45, 2.75) is 77.8 Å². The van der Waals surface area contributed by atoms with Gasteiger partial charge in [-0.25, -0.2) is 0 Å². The topological polar surface area (TPSA) is 88.8 Å². The smallest absolute Gasteiger partial charge is 0.320 e. The van der Waals surface area contributed by atoms with Gasteiger partial charge in [0.2, 0.25) is 0 Å². The Labute approximate surface area is 208 Å². The van der Waals surface area contributed by atoms with Crippen molar-refractivity contribution < 1.29 is 23.8 Å². The zero-order chi connectivity index (χ0) is 24.9. The lowest BCUT2D eigenvalue weighted by Gasteiger charge is -2.57. The molecule has 0 amide bonds. The number of thioether (sulfide) groups is 1. The van der Waals surface area contributed by atoms with E-state index in [4.69, 9.17) is 9.15 Å². The van der Waals surface area contributed by atoms with Gasteiger partial charge in [-0.2, -0.15) is 11.8 Å².